The van der Waals surface area contributed by atoms with Gasteiger partial charge in [-0.2, -0.15) is 0 Å². The maximum Gasteiger partial charge on any atom is 0.325 e. The summed E-state index contributed by atoms with van der Waals surface area (Å²) < 4.78 is 5.62. The summed E-state index contributed by atoms with van der Waals surface area (Å²) in [4.78, 5) is 38.2. The molecule has 1 saturated heterocycles. The lowest BCUT2D eigenvalue weighted by atomic mass is 10.1. The quantitative estimate of drug-likeness (QED) is 0.494. The Labute approximate surface area is 114 Å². The lowest BCUT2D eigenvalue weighted by Gasteiger charge is -2.22. The topological polar surface area (TPSA) is 116 Å². The van der Waals surface area contributed by atoms with Crippen molar-refractivity contribution in [2.75, 3.05) is 26.2 Å². The molecule has 1 amide bonds. The van der Waals surface area contributed by atoms with Crippen LogP contribution in [0, 0.1) is 0 Å². The van der Waals surface area contributed by atoms with Crippen LogP contribution in [0.15, 0.2) is 15.8 Å². The molecule has 20 heavy (non-hydrogen) atoms. The van der Waals surface area contributed by atoms with E-state index in [2.05, 4.69) is 15.6 Å². The van der Waals surface area contributed by atoms with Gasteiger partial charge in [-0.15, -0.1) is 0 Å². The second kappa shape index (κ2) is 7.01. The van der Waals surface area contributed by atoms with Crippen LogP contribution >= 0.6 is 0 Å². The van der Waals surface area contributed by atoms with E-state index in [4.69, 9.17) is 4.74 Å². The standard InChI is InChI=1S/C12H18N4O4/c17-10(9-7-15-12(19)16-11(9)18)14-5-6-20-8-1-3-13-4-2-8/h7-8,13H,1-6H2,(H,14,17)(H2,15,16,18,19). The van der Waals surface area contributed by atoms with Gasteiger partial charge in [-0.05, 0) is 25.9 Å². The first-order valence-corrected chi connectivity index (χ1v) is 6.59. The molecule has 1 aromatic rings. The molecule has 1 aromatic heterocycles. The monoisotopic (exact) mass is 282 g/mol. The number of piperidine rings is 1. The number of nitrogens with one attached hydrogen (secondary N) is 4. The molecule has 0 bridgehead atoms. The minimum Gasteiger partial charge on any atom is -0.376 e. The SMILES string of the molecule is O=C(NCCOC1CCNCC1)c1c[nH]c(=O)[nH]c1=O. The highest BCUT2D eigenvalue weighted by Gasteiger charge is 2.14. The first-order chi connectivity index (χ1) is 9.66. The summed E-state index contributed by atoms with van der Waals surface area (Å²) in [6, 6.07) is 0. The number of carbonyl (C=O) groups excluding carboxylic acids is 1. The van der Waals surface area contributed by atoms with Gasteiger partial charge in [0.25, 0.3) is 11.5 Å². The fraction of sp³-hybridized carbons (Fsp3) is 0.583. The lowest BCUT2D eigenvalue weighted by molar-refractivity contribution is 0.0343. The summed E-state index contributed by atoms with van der Waals surface area (Å²) >= 11 is 0. The Morgan fingerprint density at radius 3 is 2.80 bits per heavy atom. The number of carbonyl (C=O) groups is 1. The van der Waals surface area contributed by atoms with Crippen molar-refractivity contribution in [1.82, 2.24) is 20.6 Å². The number of ether oxygens (including phenoxy) is 1. The Bertz CT molecular complexity index is 559. The van der Waals surface area contributed by atoms with Crippen LogP contribution in [0.5, 0.6) is 0 Å². The smallest absolute Gasteiger partial charge is 0.325 e. The van der Waals surface area contributed by atoms with Gasteiger partial charge in [-0.3, -0.25) is 14.6 Å². The number of hydrogen-bond donors (Lipinski definition) is 4. The Balaban J connectivity index is 1.74. The fourth-order valence-corrected chi connectivity index (χ4v) is 2.03. The van der Waals surface area contributed by atoms with Gasteiger partial charge in [0.1, 0.15) is 5.56 Å². The molecule has 2 rings (SSSR count). The van der Waals surface area contributed by atoms with E-state index in [0.29, 0.717) is 13.2 Å². The highest BCUT2D eigenvalue weighted by molar-refractivity contribution is 5.93. The van der Waals surface area contributed by atoms with E-state index in [1.165, 1.54) is 0 Å². The van der Waals surface area contributed by atoms with Crippen molar-refractivity contribution in [2.24, 2.45) is 0 Å². The zero-order valence-corrected chi connectivity index (χ0v) is 11.0. The first kappa shape index (κ1) is 14.5. The van der Waals surface area contributed by atoms with Crippen molar-refractivity contribution in [3.63, 3.8) is 0 Å². The molecule has 0 unspecified atom stereocenters. The van der Waals surface area contributed by atoms with Crippen molar-refractivity contribution in [1.29, 1.82) is 0 Å². The first-order valence-electron chi connectivity index (χ1n) is 6.59. The maximum absolute atomic E-state index is 11.7. The largest absolute Gasteiger partial charge is 0.376 e. The van der Waals surface area contributed by atoms with Crippen LogP contribution in [0.25, 0.3) is 0 Å². The van der Waals surface area contributed by atoms with E-state index in [0.717, 1.165) is 32.1 Å². The Morgan fingerprint density at radius 2 is 2.10 bits per heavy atom. The van der Waals surface area contributed by atoms with Crippen LogP contribution in [0.4, 0.5) is 0 Å². The highest BCUT2D eigenvalue weighted by Crippen LogP contribution is 2.06. The summed E-state index contributed by atoms with van der Waals surface area (Å²) in [6.45, 7) is 2.62. The van der Waals surface area contributed by atoms with Crippen LogP contribution in [-0.4, -0.2) is 48.2 Å². The number of H-pyrrole nitrogens is 2. The zero-order valence-electron chi connectivity index (χ0n) is 11.0. The van der Waals surface area contributed by atoms with E-state index in [9.17, 15) is 14.4 Å². The molecule has 110 valence electrons. The molecule has 0 atom stereocenters. The van der Waals surface area contributed by atoms with Crippen LogP contribution in [0.3, 0.4) is 0 Å². The van der Waals surface area contributed by atoms with Gasteiger partial charge in [0.05, 0.1) is 12.7 Å². The van der Waals surface area contributed by atoms with Crippen molar-refractivity contribution in [3.05, 3.63) is 32.6 Å². The van der Waals surface area contributed by atoms with Crippen LogP contribution < -0.4 is 21.9 Å². The van der Waals surface area contributed by atoms with E-state index >= 15 is 0 Å². The van der Waals surface area contributed by atoms with E-state index in [1.54, 1.807) is 0 Å². The lowest BCUT2D eigenvalue weighted by Crippen LogP contribution is -2.36. The molecule has 8 nitrogen and oxygen atoms in total. The second-order valence-electron chi connectivity index (χ2n) is 4.56. The summed E-state index contributed by atoms with van der Waals surface area (Å²) in [5.41, 5.74) is -1.46. The Hall–Kier alpha value is -1.93. The molecular formula is C12H18N4O4. The number of rotatable bonds is 5. The highest BCUT2D eigenvalue weighted by atomic mass is 16.5. The molecule has 1 aliphatic heterocycles. The summed E-state index contributed by atoms with van der Waals surface area (Å²) in [5.74, 6) is -0.531. The van der Waals surface area contributed by atoms with E-state index < -0.39 is 17.2 Å². The molecule has 0 spiro atoms. The molecular weight excluding hydrogens is 264 g/mol. The van der Waals surface area contributed by atoms with Gasteiger partial charge < -0.3 is 20.4 Å². The van der Waals surface area contributed by atoms with Gasteiger partial charge in [0.2, 0.25) is 0 Å². The van der Waals surface area contributed by atoms with Crippen molar-refractivity contribution < 1.29 is 9.53 Å². The predicted molar refractivity (Wildman–Crippen MR) is 71.9 cm³/mol. The van der Waals surface area contributed by atoms with Crippen molar-refractivity contribution in [3.8, 4) is 0 Å². The van der Waals surface area contributed by atoms with Gasteiger partial charge in [0.15, 0.2) is 0 Å². The molecule has 4 N–H and O–H groups in total. The molecule has 0 radical (unpaired) electrons. The van der Waals surface area contributed by atoms with Crippen LogP contribution in [-0.2, 0) is 4.74 Å². The number of aromatic nitrogens is 2. The third-order valence-corrected chi connectivity index (χ3v) is 3.09. The summed E-state index contributed by atoms with van der Waals surface area (Å²) in [5, 5.41) is 5.82. The van der Waals surface area contributed by atoms with E-state index in [1.807, 2.05) is 4.98 Å². The Kier molecular flexibility index (Phi) is 5.08. The maximum atomic E-state index is 11.7. The van der Waals surface area contributed by atoms with E-state index in [-0.39, 0.29) is 11.7 Å². The van der Waals surface area contributed by atoms with Crippen molar-refractivity contribution in [2.45, 2.75) is 18.9 Å². The average Bonchev–Trinajstić information content (AvgIpc) is 2.44. The molecule has 1 aliphatic rings. The molecule has 0 saturated carbocycles. The zero-order chi connectivity index (χ0) is 14.4. The molecule has 2 heterocycles. The summed E-state index contributed by atoms with van der Waals surface area (Å²) in [7, 11) is 0. The molecule has 0 aromatic carbocycles. The van der Waals surface area contributed by atoms with Gasteiger partial charge in [-0.1, -0.05) is 0 Å². The third kappa shape index (κ3) is 4.04. The average molecular weight is 282 g/mol. The minimum atomic E-state index is -0.703. The number of aromatic amines is 2. The van der Waals surface area contributed by atoms with Gasteiger partial charge in [-0.25, -0.2) is 4.79 Å². The van der Waals surface area contributed by atoms with Crippen LogP contribution in [0.2, 0.25) is 0 Å². The van der Waals surface area contributed by atoms with Gasteiger partial charge >= 0.3 is 5.69 Å². The predicted octanol–water partition coefficient (Wildman–Crippen LogP) is -1.44. The molecule has 1 fully saturated rings. The molecule has 0 aliphatic carbocycles. The summed E-state index contributed by atoms with van der Waals surface area (Å²) in [6.07, 6.45) is 3.26. The number of amides is 1. The fourth-order valence-electron chi connectivity index (χ4n) is 2.03. The second-order valence-corrected chi connectivity index (χ2v) is 4.56. The minimum absolute atomic E-state index is 0.119. The normalized spacial score (nSPS) is 16.0. The third-order valence-electron chi connectivity index (χ3n) is 3.09. The van der Waals surface area contributed by atoms with Crippen molar-refractivity contribution >= 4 is 5.91 Å². The molecule has 8 heteroatoms. The van der Waals surface area contributed by atoms with Gasteiger partial charge in [0, 0.05) is 12.7 Å². The Morgan fingerprint density at radius 1 is 1.35 bits per heavy atom. The number of hydrogen-bond acceptors (Lipinski definition) is 5. The van der Waals surface area contributed by atoms with Crippen LogP contribution in [0.1, 0.15) is 23.2 Å².